The van der Waals surface area contributed by atoms with E-state index in [1.165, 1.54) is 25.0 Å². The molecule has 0 saturated carbocycles. The summed E-state index contributed by atoms with van der Waals surface area (Å²) in [5.74, 6) is 0. The van der Waals surface area contributed by atoms with Crippen molar-refractivity contribution in [2.75, 3.05) is 13.1 Å². The van der Waals surface area contributed by atoms with Crippen molar-refractivity contribution in [1.29, 1.82) is 0 Å². The summed E-state index contributed by atoms with van der Waals surface area (Å²) < 4.78 is 0. The van der Waals surface area contributed by atoms with E-state index in [9.17, 15) is 0 Å². The first kappa shape index (κ1) is 24.7. The summed E-state index contributed by atoms with van der Waals surface area (Å²) in [6.45, 7) is 10.1. The quantitative estimate of drug-likeness (QED) is 0.432. The minimum atomic E-state index is 0. The molecule has 0 saturated heterocycles. The van der Waals surface area contributed by atoms with Crippen molar-refractivity contribution in [2.24, 2.45) is 4.99 Å². The normalized spacial score (nSPS) is 11.8. The van der Waals surface area contributed by atoms with E-state index in [0.717, 1.165) is 48.0 Å². The Morgan fingerprint density at radius 2 is 1.46 bits per heavy atom. The Balaban J connectivity index is 0.00000312. The minimum absolute atomic E-state index is 0. The number of hydrogen-bond acceptors (Lipinski definition) is 1. The van der Waals surface area contributed by atoms with E-state index >= 15 is 0 Å². The SMILES string of the molecule is CC(=NCCCCCC[NH+]=C(C)c1ccc(C)[n-]1)c1ccc(C)[n-]1.[Cl-].[Cr+2]. The molecule has 2 aromatic heterocycles. The van der Waals surface area contributed by atoms with Crippen LogP contribution in [0.15, 0.2) is 29.3 Å². The van der Waals surface area contributed by atoms with Crippen LogP contribution in [0, 0.1) is 13.8 Å². The zero-order valence-electron chi connectivity index (χ0n) is 16.2. The van der Waals surface area contributed by atoms with Crippen LogP contribution in [-0.4, -0.2) is 24.5 Å². The molecule has 2 heterocycles. The third kappa shape index (κ3) is 8.40. The topological polar surface area (TPSA) is 54.5 Å². The third-order valence-electron chi connectivity index (χ3n) is 4.14. The van der Waals surface area contributed by atoms with Crippen LogP contribution in [0.25, 0.3) is 0 Å². The van der Waals surface area contributed by atoms with Gasteiger partial charge in [-0.3, -0.25) is 4.99 Å². The molecule has 0 unspecified atom stereocenters. The molecule has 0 aliphatic rings. The van der Waals surface area contributed by atoms with Gasteiger partial charge in [0.05, 0.1) is 0 Å². The molecule has 0 aliphatic heterocycles. The molecule has 26 heavy (non-hydrogen) atoms. The molecule has 4 nitrogen and oxygen atoms in total. The van der Waals surface area contributed by atoms with E-state index in [4.69, 9.17) is 0 Å². The van der Waals surface area contributed by atoms with E-state index in [1.54, 1.807) is 0 Å². The van der Waals surface area contributed by atoms with Crippen LogP contribution >= 0.6 is 0 Å². The Kier molecular flexibility index (Phi) is 12.3. The van der Waals surface area contributed by atoms with Crippen LogP contribution in [0.1, 0.15) is 62.3 Å². The van der Waals surface area contributed by atoms with Crippen molar-refractivity contribution >= 4 is 11.4 Å². The van der Waals surface area contributed by atoms with Gasteiger partial charge in [0.2, 0.25) is 0 Å². The smallest absolute Gasteiger partial charge is 1.00 e. The second-order valence-electron chi connectivity index (χ2n) is 6.38. The molecule has 142 valence electrons. The molecule has 0 bridgehead atoms. The maximum atomic E-state index is 4.62. The molecule has 6 heteroatoms. The predicted octanol–water partition coefficient (Wildman–Crippen LogP) is -0.821. The van der Waals surface area contributed by atoms with Crippen LogP contribution in [-0.2, 0) is 17.4 Å². The fraction of sp³-hybridized carbons (Fsp3) is 0.500. The van der Waals surface area contributed by atoms with Crippen molar-refractivity contribution in [1.82, 2.24) is 9.97 Å². The van der Waals surface area contributed by atoms with E-state index in [1.807, 2.05) is 32.9 Å². The van der Waals surface area contributed by atoms with E-state index in [2.05, 4.69) is 39.0 Å². The Labute approximate surface area is 174 Å². The third-order valence-corrected chi connectivity index (χ3v) is 4.14. The summed E-state index contributed by atoms with van der Waals surface area (Å²) in [4.78, 5) is 17.0. The number of hydrogen-bond donors (Lipinski definition) is 1. The van der Waals surface area contributed by atoms with Crippen LogP contribution in [0.4, 0.5) is 0 Å². The number of unbranched alkanes of at least 4 members (excludes halogenated alkanes) is 3. The Morgan fingerprint density at radius 1 is 0.885 bits per heavy atom. The molecule has 0 spiro atoms. The number of aryl methyl sites for hydroxylation is 2. The van der Waals surface area contributed by atoms with Gasteiger partial charge in [-0.1, -0.05) is 50.2 Å². The van der Waals surface area contributed by atoms with Crippen LogP contribution in [0.3, 0.4) is 0 Å². The number of aromatic nitrogens is 2. The number of aliphatic imine (C=N–C) groups is 1. The molecule has 0 amide bonds. The zero-order valence-corrected chi connectivity index (χ0v) is 18.2. The van der Waals surface area contributed by atoms with Gasteiger partial charge in [-0.05, 0) is 19.8 Å². The van der Waals surface area contributed by atoms with Crippen LogP contribution in [0.5, 0.6) is 0 Å². The molecular formula is C20H29ClCrN4. The van der Waals surface area contributed by atoms with Crippen molar-refractivity contribution in [2.45, 2.75) is 53.4 Å². The summed E-state index contributed by atoms with van der Waals surface area (Å²) >= 11 is 0. The first-order valence-corrected chi connectivity index (χ1v) is 8.86. The second kappa shape index (κ2) is 13.0. The van der Waals surface area contributed by atoms with Gasteiger partial charge in [0.25, 0.3) is 0 Å². The fourth-order valence-electron chi connectivity index (χ4n) is 2.62. The van der Waals surface area contributed by atoms with Gasteiger partial charge in [0, 0.05) is 25.6 Å². The first-order chi connectivity index (χ1) is 11.6. The maximum absolute atomic E-state index is 4.62. The van der Waals surface area contributed by atoms with Gasteiger partial charge in [-0.2, -0.15) is 11.4 Å². The molecule has 0 aliphatic carbocycles. The van der Waals surface area contributed by atoms with Gasteiger partial charge >= 0.3 is 17.4 Å². The Morgan fingerprint density at radius 3 is 2.04 bits per heavy atom. The largest absolute Gasteiger partial charge is 2.00 e. The maximum Gasteiger partial charge on any atom is 2.00 e. The molecular weight excluding hydrogens is 384 g/mol. The number of halogens is 1. The summed E-state index contributed by atoms with van der Waals surface area (Å²) in [7, 11) is 0. The van der Waals surface area contributed by atoms with Crippen molar-refractivity contribution in [3.05, 3.63) is 47.0 Å². The van der Waals surface area contributed by atoms with Crippen molar-refractivity contribution < 1.29 is 34.8 Å². The molecule has 0 atom stereocenters. The van der Waals surface area contributed by atoms with Gasteiger partial charge < -0.3 is 22.4 Å². The molecule has 0 radical (unpaired) electrons. The Hall–Kier alpha value is -1.28. The van der Waals surface area contributed by atoms with E-state index in [-0.39, 0.29) is 29.8 Å². The predicted molar refractivity (Wildman–Crippen MR) is 100 cm³/mol. The average molecular weight is 413 g/mol. The summed E-state index contributed by atoms with van der Waals surface area (Å²) in [5.41, 5.74) is 6.43. The van der Waals surface area contributed by atoms with Crippen LogP contribution < -0.4 is 27.4 Å². The van der Waals surface area contributed by atoms with Gasteiger partial charge in [-0.25, -0.2) is 4.99 Å². The van der Waals surface area contributed by atoms with Gasteiger partial charge in [-0.15, -0.1) is 5.69 Å². The minimum Gasteiger partial charge on any atom is -1.00 e. The molecule has 2 rings (SSSR count). The monoisotopic (exact) mass is 412 g/mol. The summed E-state index contributed by atoms with van der Waals surface area (Å²) in [6, 6.07) is 8.20. The van der Waals surface area contributed by atoms with Crippen molar-refractivity contribution in [3.8, 4) is 0 Å². The standard InChI is InChI=1S/C20H28N4.ClH.Cr/c1-15-9-11-19(23-15)17(3)21-13-7-5-6-8-14-22-18(4)20-12-10-16(2)24-20;;/h9-12H,5-8,13-14H2,1-4H3;1H;/q-2;;+2. The second-order valence-corrected chi connectivity index (χ2v) is 6.38. The first-order valence-electron chi connectivity index (χ1n) is 8.86. The summed E-state index contributed by atoms with van der Waals surface area (Å²) in [6.07, 6.45) is 4.78. The van der Waals surface area contributed by atoms with Crippen molar-refractivity contribution in [3.63, 3.8) is 0 Å². The van der Waals surface area contributed by atoms with Gasteiger partial charge in [0.1, 0.15) is 6.54 Å². The molecule has 0 aromatic carbocycles. The zero-order chi connectivity index (χ0) is 17.4. The molecule has 2 aromatic rings. The van der Waals surface area contributed by atoms with Crippen LogP contribution in [0.2, 0.25) is 0 Å². The average Bonchev–Trinajstić information content (AvgIpc) is 3.18. The van der Waals surface area contributed by atoms with E-state index < -0.39 is 0 Å². The number of rotatable bonds is 9. The van der Waals surface area contributed by atoms with E-state index in [0.29, 0.717) is 0 Å². The number of nitrogens with one attached hydrogen (secondary N) is 1. The Bertz CT molecular complexity index is 640. The molecule has 1 N–H and O–H groups in total. The number of nitrogens with zero attached hydrogens (tertiary/aromatic N) is 3. The fourth-order valence-corrected chi connectivity index (χ4v) is 2.62. The molecule has 0 fully saturated rings. The van der Waals surface area contributed by atoms with Gasteiger partial charge in [0.15, 0.2) is 5.71 Å². The summed E-state index contributed by atoms with van der Waals surface area (Å²) in [5, 5.41) is 0.